The molecule has 0 aliphatic carbocycles. The third kappa shape index (κ3) is 2.38. The summed E-state index contributed by atoms with van der Waals surface area (Å²) in [5, 5.41) is 0. The first-order chi connectivity index (χ1) is 10.1. The number of nitrogens with zero attached hydrogens (tertiary/aromatic N) is 2. The summed E-state index contributed by atoms with van der Waals surface area (Å²) in [4.78, 5) is 31.7. The number of hydrogen-bond donors (Lipinski definition) is 0. The Kier molecular flexibility index (Phi) is 3.59. The van der Waals surface area contributed by atoms with Gasteiger partial charge >= 0.3 is 0 Å². The molecule has 0 saturated carbocycles. The molecule has 21 heavy (non-hydrogen) atoms. The Hall–Kier alpha value is -2.01. The molecule has 1 aromatic carbocycles. The molecule has 1 aromatic heterocycles. The molecule has 1 aliphatic rings. The number of hydrogen-bond acceptors (Lipinski definition) is 4. The van der Waals surface area contributed by atoms with Crippen molar-refractivity contribution in [3.63, 3.8) is 0 Å². The van der Waals surface area contributed by atoms with Gasteiger partial charge in [0.2, 0.25) is 5.91 Å². The van der Waals surface area contributed by atoms with Crippen LogP contribution in [0.4, 0.5) is 0 Å². The second kappa shape index (κ2) is 5.41. The van der Waals surface area contributed by atoms with Gasteiger partial charge < -0.3 is 0 Å². The molecule has 1 unspecified atom stereocenters. The lowest BCUT2D eigenvalue weighted by Gasteiger charge is -2.30. The van der Waals surface area contributed by atoms with E-state index in [9.17, 15) is 9.59 Å². The maximum atomic E-state index is 12.5. The standard InChI is InChI=1S/C16H16N2O2S/c1-10-12-5-3-4-6-13(12)16(20)18(15(10)19)8-7-14-11(2)17-9-21-14/h3-6,9-10H,7-8H2,1-2H3. The topological polar surface area (TPSA) is 50.3 Å². The van der Waals surface area contributed by atoms with Gasteiger partial charge in [0.15, 0.2) is 0 Å². The molecule has 0 radical (unpaired) electrons. The highest BCUT2D eigenvalue weighted by atomic mass is 32.1. The summed E-state index contributed by atoms with van der Waals surface area (Å²) in [5.74, 6) is -0.557. The molecule has 0 N–H and O–H groups in total. The highest BCUT2D eigenvalue weighted by Gasteiger charge is 2.35. The van der Waals surface area contributed by atoms with Gasteiger partial charge in [-0.2, -0.15) is 0 Å². The Bertz CT molecular complexity index is 708. The summed E-state index contributed by atoms with van der Waals surface area (Å²) in [6.07, 6.45) is 0.670. The first kappa shape index (κ1) is 13.9. The molecule has 0 spiro atoms. The van der Waals surface area contributed by atoms with Gasteiger partial charge in [0.1, 0.15) is 0 Å². The molecular formula is C16H16N2O2S. The van der Waals surface area contributed by atoms with Crippen LogP contribution in [0.1, 0.15) is 39.3 Å². The number of rotatable bonds is 3. The Morgan fingerprint density at radius 1 is 1.29 bits per heavy atom. The van der Waals surface area contributed by atoms with E-state index in [0.29, 0.717) is 18.5 Å². The first-order valence-corrected chi connectivity index (χ1v) is 7.81. The summed E-state index contributed by atoms with van der Waals surface area (Å²) in [5.41, 5.74) is 4.25. The van der Waals surface area contributed by atoms with Crippen LogP contribution in [0.3, 0.4) is 0 Å². The molecule has 3 rings (SSSR count). The smallest absolute Gasteiger partial charge is 0.260 e. The maximum absolute atomic E-state index is 12.5. The van der Waals surface area contributed by atoms with Gasteiger partial charge in [0, 0.05) is 23.4 Å². The maximum Gasteiger partial charge on any atom is 0.260 e. The van der Waals surface area contributed by atoms with E-state index < -0.39 is 0 Å². The van der Waals surface area contributed by atoms with Crippen LogP contribution in [0.2, 0.25) is 0 Å². The molecule has 2 aromatic rings. The zero-order valence-corrected chi connectivity index (χ0v) is 12.8. The zero-order valence-electron chi connectivity index (χ0n) is 12.0. The summed E-state index contributed by atoms with van der Waals surface area (Å²) in [6.45, 7) is 4.22. The van der Waals surface area contributed by atoms with E-state index in [1.807, 2.05) is 32.0 Å². The molecule has 4 nitrogen and oxygen atoms in total. The second-order valence-electron chi connectivity index (χ2n) is 5.21. The molecule has 1 atom stereocenters. The summed E-state index contributed by atoms with van der Waals surface area (Å²) in [6, 6.07) is 7.36. The molecule has 0 saturated heterocycles. The van der Waals surface area contributed by atoms with Crippen LogP contribution in [0, 0.1) is 6.92 Å². The van der Waals surface area contributed by atoms with Gasteiger partial charge in [-0.3, -0.25) is 14.5 Å². The fraction of sp³-hybridized carbons (Fsp3) is 0.312. The van der Waals surface area contributed by atoms with Crippen molar-refractivity contribution in [3.05, 3.63) is 51.5 Å². The molecular weight excluding hydrogens is 284 g/mol. The minimum atomic E-state index is -0.263. The minimum Gasteiger partial charge on any atom is -0.278 e. The summed E-state index contributed by atoms with van der Waals surface area (Å²) >= 11 is 1.57. The van der Waals surface area contributed by atoms with Crippen molar-refractivity contribution < 1.29 is 9.59 Å². The molecule has 0 bridgehead atoms. The fourth-order valence-corrected chi connectivity index (χ4v) is 3.44. The Balaban J connectivity index is 1.85. The number of aryl methyl sites for hydroxylation is 1. The minimum absolute atomic E-state index is 0.110. The Labute approximate surface area is 127 Å². The summed E-state index contributed by atoms with van der Waals surface area (Å²) in [7, 11) is 0. The van der Waals surface area contributed by atoms with Crippen LogP contribution in [-0.4, -0.2) is 28.2 Å². The average molecular weight is 300 g/mol. The van der Waals surface area contributed by atoms with Crippen molar-refractivity contribution in [2.75, 3.05) is 6.54 Å². The van der Waals surface area contributed by atoms with Crippen molar-refractivity contribution >= 4 is 23.2 Å². The van der Waals surface area contributed by atoms with Crippen LogP contribution in [0.5, 0.6) is 0 Å². The lowest BCUT2D eigenvalue weighted by Crippen LogP contribution is -2.45. The van der Waals surface area contributed by atoms with Crippen molar-refractivity contribution in [3.8, 4) is 0 Å². The predicted octanol–water partition coefficient (Wildman–Crippen LogP) is 2.78. The van der Waals surface area contributed by atoms with Crippen LogP contribution >= 0.6 is 11.3 Å². The third-order valence-corrected chi connectivity index (χ3v) is 4.94. The molecule has 5 heteroatoms. The number of carbonyl (C=O) groups is 2. The van der Waals surface area contributed by atoms with Crippen LogP contribution in [0.15, 0.2) is 29.8 Å². The predicted molar refractivity (Wildman–Crippen MR) is 81.5 cm³/mol. The Morgan fingerprint density at radius 3 is 2.76 bits per heavy atom. The SMILES string of the molecule is Cc1ncsc1CCN1C(=O)c2ccccc2C(C)C1=O. The quantitative estimate of drug-likeness (QED) is 0.819. The van der Waals surface area contributed by atoms with Crippen LogP contribution in [-0.2, 0) is 11.2 Å². The number of carbonyl (C=O) groups excluding carboxylic acids is 2. The number of amides is 2. The largest absolute Gasteiger partial charge is 0.278 e. The number of aromatic nitrogens is 1. The van der Waals surface area contributed by atoms with Gasteiger partial charge in [0.25, 0.3) is 5.91 Å². The van der Waals surface area contributed by atoms with Crippen LogP contribution < -0.4 is 0 Å². The van der Waals surface area contributed by atoms with Gasteiger partial charge in [0.05, 0.1) is 17.1 Å². The summed E-state index contributed by atoms with van der Waals surface area (Å²) < 4.78 is 0. The van der Waals surface area contributed by atoms with E-state index >= 15 is 0 Å². The second-order valence-corrected chi connectivity index (χ2v) is 6.15. The van der Waals surface area contributed by atoms with Gasteiger partial charge in [-0.1, -0.05) is 18.2 Å². The monoisotopic (exact) mass is 300 g/mol. The van der Waals surface area contributed by atoms with Crippen molar-refractivity contribution in [1.82, 2.24) is 9.88 Å². The van der Waals surface area contributed by atoms with Crippen LogP contribution in [0.25, 0.3) is 0 Å². The van der Waals surface area contributed by atoms with E-state index in [0.717, 1.165) is 16.1 Å². The molecule has 2 heterocycles. The van der Waals surface area contributed by atoms with Gasteiger partial charge in [-0.15, -0.1) is 11.3 Å². The van der Waals surface area contributed by atoms with E-state index in [-0.39, 0.29) is 17.7 Å². The number of imide groups is 1. The molecule has 0 fully saturated rings. The Morgan fingerprint density at radius 2 is 2.05 bits per heavy atom. The van der Waals surface area contributed by atoms with E-state index in [2.05, 4.69) is 4.98 Å². The van der Waals surface area contributed by atoms with E-state index in [1.165, 1.54) is 4.90 Å². The highest BCUT2D eigenvalue weighted by molar-refractivity contribution is 7.09. The third-order valence-electron chi connectivity index (χ3n) is 3.95. The fourth-order valence-electron chi connectivity index (χ4n) is 2.67. The number of fused-ring (bicyclic) bond motifs is 1. The van der Waals surface area contributed by atoms with Gasteiger partial charge in [-0.05, 0) is 25.5 Å². The van der Waals surface area contributed by atoms with E-state index in [1.54, 1.807) is 22.9 Å². The first-order valence-electron chi connectivity index (χ1n) is 6.93. The van der Waals surface area contributed by atoms with E-state index in [4.69, 9.17) is 0 Å². The zero-order chi connectivity index (χ0) is 15.0. The molecule has 108 valence electrons. The molecule has 2 amide bonds. The van der Waals surface area contributed by atoms with Crippen molar-refractivity contribution in [1.29, 1.82) is 0 Å². The lowest BCUT2D eigenvalue weighted by molar-refractivity contribution is -0.130. The number of thiazole rings is 1. The normalized spacial score (nSPS) is 18.0. The van der Waals surface area contributed by atoms with Crippen molar-refractivity contribution in [2.45, 2.75) is 26.2 Å². The van der Waals surface area contributed by atoms with Gasteiger partial charge in [-0.25, -0.2) is 4.98 Å². The highest BCUT2D eigenvalue weighted by Crippen LogP contribution is 2.29. The average Bonchev–Trinajstić information content (AvgIpc) is 2.90. The lowest BCUT2D eigenvalue weighted by atomic mass is 9.90. The number of benzene rings is 1. The molecule has 1 aliphatic heterocycles. The van der Waals surface area contributed by atoms with Crippen molar-refractivity contribution in [2.24, 2.45) is 0 Å².